The Balaban J connectivity index is 1.94. The molecule has 24 heavy (non-hydrogen) atoms. The molecule has 0 spiro atoms. The number of anilines is 1. The molecule has 1 aliphatic carbocycles. The standard InChI is InChI=1S/C21H21NO2/c1-4-22-17-8-6-5-7-15(17)20(23)18-19(22)14-10-9-13(12(2)3)11-16(14)21(18)24/h5-12,20,23H,4H2,1-3H3. The van der Waals surface area contributed by atoms with Crippen molar-refractivity contribution in [3.63, 3.8) is 0 Å². The van der Waals surface area contributed by atoms with Gasteiger partial charge in [-0.15, -0.1) is 0 Å². The zero-order chi connectivity index (χ0) is 17.0. The van der Waals surface area contributed by atoms with Crippen molar-refractivity contribution in [3.8, 4) is 0 Å². The van der Waals surface area contributed by atoms with Crippen molar-refractivity contribution < 1.29 is 9.90 Å². The second-order valence-corrected chi connectivity index (χ2v) is 6.76. The molecule has 1 atom stereocenters. The lowest BCUT2D eigenvalue weighted by molar-refractivity contribution is 0.0992. The minimum Gasteiger partial charge on any atom is -0.383 e. The second kappa shape index (κ2) is 5.32. The van der Waals surface area contributed by atoms with Crippen molar-refractivity contribution >= 4 is 17.2 Å². The van der Waals surface area contributed by atoms with Crippen LogP contribution in [0.3, 0.4) is 0 Å². The third-order valence-corrected chi connectivity index (χ3v) is 5.09. The topological polar surface area (TPSA) is 40.5 Å². The number of rotatable bonds is 2. The monoisotopic (exact) mass is 319 g/mol. The molecule has 1 unspecified atom stereocenters. The Bertz CT molecular complexity index is 879. The number of Topliss-reactive ketones (excluding diaryl/α,β-unsaturated/α-hetero) is 1. The van der Waals surface area contributed by atoms with Gasteiger partial charge >= 0.3 is 0 Å². The van der Waals surface area contributed by atoms with Crippen molar-refractivity contribution in [2.24, 2.45) is 0 Å². The molecule has 1 aliphatic heterocycles. The van der Waals surface area contributed by atoms with E-state index in [4.69, 9.17) is 0 Å². The summed E-state index contributed by atoms with van der Waals surface area (Å²) in [7, 11) is 0. The first-order valence-corrected chi connectivity index (χ1v) is 8.52. The van der Waals surface area contributed by atoms with Gasteiger partial charge in [0.15, 0.2) is 5.78 Å². The Hall–Kier alpha value is -2.39. The smallest absolute Gasteiger partial charge is 0.194 e. The highest BCUT2D eigenvalue weighted by atomic mass is 16.3. The zero-order valence-corrected chi connectivity index (χ0v) is 14.2. The quantitative estimate of drug-likeness (QED) is 0.897. The summed E-state index contributed by atoms with van der Waals surface area (Å²) in [6.07, 6.45) is -0.860. The molecule has 3 heteroatoms. The van der Waals surface area contributed by atoms with Gasteiger partial charge in [-0.05, 0) is 30.5 Å². The second-order valence-electron chi connectivity index (χ2n) is 6.76. The third-order valence-electron chi connectivity index (χ3n) is 5.09. The lowest BCUT2D eigenvalue weighted by Crippen LogP contribution is -2.28. The minimum atomic E-state index is -0.860. The molecule has 0 saturated carbocycles. The van der Waals surface area contributed by atoms with E-state index in [1.54, 1.807) is 0 Å². The summed E-state index contributed by atoms with van der Waals surface area (Å²) in [6, 6.07) is 13.9. The number of para-hydroxylation sites is 1. The van der Waals surface area contributed by atoms with Gasteiger partial charge in [0.05, 0.1) is 11.3 Å². The molecule has 0 bridgehead atoms. The highest BCUT2D eigenvalue weighted by Gasteiger charge is 2.41. The lowest BCUT2D eigenvalue weighted by atomic mass is 9.92. The fourth-order valence-electron chi connectivity index (χ4n) is 3.83. The fourth-order valence-corrected chi connectivity index (χ4v) is 3.83. The van der Waals surface area contributed by atoms with Gasteiger partial charge in [0, 0.05) is 28.9 Å². The Kier molecular flexibility index (Phi) is 3.36. The molecule has 0 radical (unpaired) electrons. The van der Waals surface area contributed by atoms with Crippen LogP contribution in [0.4, 0.5) is 5.69 Å². The molecule has 2 aromatic rings. The first-order chi connectivity index (χ1) is 11.5. The van der Waals surface area contributed by atoms with Crippen LogP contribution in [0.1, 0.15) is 59.8 Å². The van der Waals surface area contributed by atoms with E-state index in [0.717, 1.165) is 40.2 Å². The molecule has 1 heterocycles. The molecule has 4 rings (SSSR count). The maximum absolute atomic E-state index is 13.0. The van der Waals surface area contributed by atoms with Crippen LogP contribution in [0.5, 0.6) is 0 Å². The van der Waals surface area contributed by atoms with E-state index in [2.05, 4.69) is 31.7 Å². The van der Waals surface area contributed by atoms with Crippen LogP contribution in [-0.4, -0.2) is 17.4 Å². The minimum absolute atomic E-state index is 0.0389. The first-order valence-electron chi connectivity index (χ1n) is 8.52. The van der Waals surface area contributed by atoms with E-state index in [0.29, 0.717) is 11.5 Å². The number of nitrogens with zero attached hydrogens (tertiary/aromatic N) is 1. The van der Waals surface area contributed by atoms with E-state index >= 15 is 0 Å². The molecular weight excluding hydrogens is 298 g/mol. The first kappa shape index (κ1) is 15.2. The average Bonchev–Trinajstić information content (AvgIpc) is 2.88. The van der Waals surface area contributed by atoms with Crippen molar-refractivity contribution in [2.45, 2.75) is 32.8 Å². The Morgan fingerprint density at radius 2 is 1.88 bits per heavy atom. The van der Waals surface area contributed by atoms with Gasteiger partial charge in [0.2, 0.25) is 0 Å². The normalized spacial score (nSPS) is 18.8. The van der Waals surface area contributed by atoms with Crippen LogP contribution in [0.15, 0.2) is 48.0 Å². The fraction of sp³-hybridized carbons (Fsp3) is 0.286. The molecule has 1 N–H and O–H groups in total. The number of aliphatic hydroxyl groups excluding tert-OH is 1. The summed E-state index contributed by atoms with van der Waals surface area (Å²) in [6.45, 7) is 7.07. The predicted octanol–water partition coefficient (Wildman–Crippen LogP) is 4.29. The van der Waals surface area contributed by atoms with Crippen molar-refractivity contribution in [2.75, 3.05) is 11.4 Å². The van der Waals surface area contributed by atoms with Crippen LogP contribution in [-0.2, 0) is 0 Å². The molecule has 0 amide bonds. The summed E-state index contributed by atoms with van der Waals surface area (Å²) in [5, 5.41) is 10.9. The molecule has 2 aromatic carbocycles. The summed E-state index contributed by atoms with van der Waals surface area (Å²) in [5.41, 5.74) is 6.00. The number of hydrogen-bond donors (Lipinski definition) is 1. The molecule has 2 aliphatic rings. The number of benzene rings is 2. The lowest BCUT2D eigenvalue weighted by Gasteiger charge is -2.34. The summed E-state index contributed by atoms with van der Waals surface area (Å²) < 4.78 is 0. The Labute approximate surface area is 142 Å². The van der Waals surface area contributed by atoms with Gasteiger partial charge in [-0.1, -0.05) is 44.2 Å². The van der Waals surface area contributed by atoms with E-state index in [9.17, 15) is 9.90 Å². The zero-order valence-electron chi connectivity index (χ0n) is 14.2. The van der Waals surface area contributed by atoms with Crippen molar-refractivity contribution in [3.05, 3.63) is 70.3 Å². The van der Waals surface area contributed by atoms with Crippen LogP contribution < -0.4 is 4.90 Å². The number of hydrogen-bond acceptors (Lipinski definition) is 3. The molecule has 0 fully saturated rings. The maximum Gasteiger partial charge on any atom is 0.194 e. The van der Waals surface area contributed by atoms with Gasteiger partial charge in [-0.3, -0.25) is 4.79 Å². The van der Waals surface area contributed by atoms with Crippen LogP contribution in [0.2, 0.25) is 0 Å². The molecular formula is C21H21NO2. The van der Waals surface area contributed by atoms with E-state index in [-0.39, 0.29) is 5.78 Å². The largest absolute Gasteiger partial charge is 0.383 e. The van der Waals surface area contributed by atoms with Crippen LogP contribution >= 0.6 is 0 Å². The summed E-state index contributed by atoms with van der Waals surface area (Å²) >= 11 is 0. The molecule has 0 aromatic heterocycles. The number of carbonyl (C=O) groups is 1. The predicted molar refractivity (Wildman–Crippen MR) is 96.2 cm³/mol. The van der Waals surface area contributed by atoms with Gasteiger partial charge < -0.3 is 10.0 Å². The number of ketones is 1. The number of carbonyl (C=O) groups excluding carboxylic acids is 1. The highest BCUT2D eigenvalue weighted by molar-refractivity contribution is 6.23. The SMILES string of the molecule is CCN1C2=C(C(=O)c3cc(C(C)C)ccc32)C(O)c2ccccc21. The Morgan fingerprint density at radius 3 is 2.58 bits per heavy atom. The summed E-state index contributed by atoms with van der Waals surface area (Å²) in [4.78, 5) is 15.2. The number of aliphatic hydroxyl groups is 1. The third kappa shape index (κ3) is 1.91. The van der Waals surface area contributed by atoms with Gasteiger partial charge in [-0.25, -0.2) is 0 Å². The van der Waals surface area contributed by atoms with E-state index in [1.165, 1.54) is 0 Å². The molecule has 0 saturated heterocycles. The highest BCUT2D eigenvalue weighted by Crippen LogP contribution is 2.49. The maximum atomic E-state index is 13.0. The average molecular weight is 319 g/mol. The van der Waals surface area contributed by atoms with Crippen molar-refractivity contribution in [1.82, 2.24) is 0 Å². The number of fused-ring (bicyclic) bond motifs is 3. The van der Waals surface area contributed by atoms with Crippen LogP contribution in [0, 0.1) is 0 Å². The summed E-state index contributed by atoms with van der Waals surface area (Å²) in [5.74, 6) is 0.327. The Morgan fingerprint density at radius 1 is 1.12 bits per heavy atom. The van der Waals surface area contributed by atoms with Gasteiger partial charge in [-0.2, -0.15) is 0 Å². The van der Waals surface area contributed by atoms with E-state index in [1.807, 2.05) is 36.4 Å². The van der Waals surface area contributed by atoms with Crippen molar-refractivity contribution in [1.29, 1.82) is 0 Å². The van der Waals surface area contributed by atoms with E-state index < -0.39 is 6.10 Å². The van der Waals surface area contributed by atoms with Crippen LogP contribution in [0.25, 0.3) is 5.70 Å². The van der Waals surface area contributed by atoms with Gasteiger partial charge in [0.1, 0.15) is 6.10 Å². The van der Waals surface area contributed by atoms with Gasteiger partial charge in [0.25, 0.3) is 0 Å². The molecule has 3 nitrogen and oxygen atoms in total. The molecule has 122 valence electrons.